The molecule has 0 bridgehead atoms. The molecule has 1 saturated heterocycles. The second-order valence-electron chi connectivity index (χ2n) is 7.33. The zero-order valence-corrected chi connectivity index (χ0v) is 19.8. The van der Waals surface area contributed by atoms with E-state index in [0.29, 0.717) is 15.7 Å². The first-order valence-electron chi connectivity index (χ1n) is 10.0. The zero-order chi connectivity index (χ0) is 22.8. The van der Waals surface area contributed by atoms with Gasteiger partial charge in [-0.2, -0.15) is 0 Å². The summed E-state index contributed by atoms with van der Waals surface area (Å²) in [6, 6.07) is 15.3. The number of thioether (sulfide) groups is 1. The van der Waals surface area contributed by atoms with E-state index in [2.05, 4.69) is 28.2 Å². The van der Waals surface area contributed by atoms with Crippen molar-refractivity contribution in [2.45, 2.75) is 19.3 Å². The number of carbonyl (C=O) groups excluding carboxylic acids is 1. The smallest absolute Gasteiger partial charge is 0.260 e. The van der Waals surface area contributed by atoms with E-state index in [0.717, 1.165) is 34.1 Å². The highest BCUT2D eigenvalue weighted by atomic mass is 35.5. The first kappa shape index (κ1) is 22.2. The molecule has 8 heteroatoms. The van der Waals surface area contributed by atoms with Crippen LogP contribution in [-0.4, -0.2) is 30.2 Å². The molecule has 3 aromatic rings. The monoisotopic (exact) mass is 469 g/mol. The number of ether oxygens (including phenoxy) is 2. The Morgan fingerprint density at radius 3 is 2.53 bits per heavy atom. The van der Waals surface area contributed by atoms with Gasteiger partial charge in [-0.3, -0.25) is 4.79 Å². The normalized spacial score (nSPS) is 16.8. The van der Waals surface area contributed by atoms with Crippen molar-refractivity contribution in [2.75, 3.05) is 19.5 Å². The Kier molecular flexibility index (Phi) is 6.39. The van der Waals surface area contributed by atoms with Crippen molar-refractivity contribution in [1.82, 2.24) is 9.88 Å². The number of aryl methyl sites for hydroxylation is 1. The molecule has 166 valence electrons. The van der Waals surface area contributed by atoms with E-state index in [1.807, 2.05) is 37.3 Å². The molecule has 0 aliphatic carbocycles. The van der Waals surface area contributed by atoms with Crippen LogP contribution < -0.4 is 20.1 Å². The van der Waals surface area contributed by atoms with Gasteiger partial charge in [0.05, 0.1) is 24.8 Å². The Hall–Kier alpha value is -3.03. The Labute approximate surface area is 196 Å². The van der Waals surface area contributed by atoms with Crippen LogP contribution in [0.4, 0.5) is 5.69 Å². The molecule has 2 aromatic carbocycles. The standard InChI is InChI=1S/C24H24ClN3O3S/c1-14-11-16(15(2)28(14)18-6-8-19(30-3)9-7-18)12-22-23(29)27-24(32-22)26-20-13-17(25)5-10-21(20)31-4/h5-13,24,26H,1-4H3,(H,27,29)/b22-12-. The third kappa shape index (κ3) is 4.45. The summed E-state index contributed by atoms with van der Waals surface area (Å²) in [4.78, 5) is 13.3. The molecule has 2 heterocycles. The van der Waals surface area contributed by atoms with Crippen molar-refractivity contribution in [3.05, 3.63) is 75.4 Å². The van der Waals surface area contributed by atoms with Crippen LogP contribution in [0.3, 0.4) is 0 Å². The third-order valence-corrected chi connectivity index (χ3v) is 6.53. The van der Waals surface area contributed by atoms with Gasteiger partial charge < -0.3 is 24.7 Å². The summed E-state index contributed by atoms with van der Waals surface area (Å²) in [5.74, 6) is 1.35. The van der Waals surface area contributed by atoms with E-state index < -0.39 is 0 Å². The van der Waals surface area contributed by atoms with Crippen molar-refractivity contribution in [3.63, 3.8) is 0 Å². The van der Waals surface area contributed by atoms with Gasteiger partial charge >= 0.3 is 0 Å². The molecule has 6 nitrogen and oxygen atoms in total. The van der Waals surface area contributed by atoms with E-state index in [1.165, 1.54) is 11.8 Å². The summed E-state index contributed by atoms with van der Waals surface area (Å²) in [6.45, 7) is 4.10. The number of benzene rings is 2. The van der Waals surface area contributed by atoms with Crippen LogP contribution in [0.2, 0.25) is 5.02 Å². The number of rotatable bonds is 6. The summed E-state index contributed by atoms with van der Waals surface area (Å²) in [7, 11) is 3.25. The number of halogens is 1. The molecule has 1 atom stereocenters. The largest absolute Gasteiger partial charge is 0.497 e. The predicted molar refractivity (Wildman–Crippen MR) is 131 cm³/mol. The quantitative estimate of drug-likeness (QED) is 0.475. The fourth-order valence-electron chi connectivity index (χ4n) is 3.70. The van der Waals surface area contributed by atoms with Crippen molar-refractivity contribution >= 4 is 41.0 Å². The lowest BCUT2D eigenvalue weighted by Gasteiger charge is -2.15. The van der Waals surface area contributed by atoms with Crippen LogP contribution in [0.5, 0.6) is 11.5 Å². The molecular formula is C24H24ClN3O3S. The first-order valence-corrected chi connectivity index (χ1v) is 11.3. The molecule has 1 aliphatic heterocycles. The maximum absolute atomic E-state index is 12.6. The molecule has 4 rings (SSSR count). The number of hydrogen-bond acceptors (Lipinski definition) is 5. The van der Waals surface area contributed by atoms with Crippen LogP contribution in [0.25, 0.3) is 11.8 Å². The summed E-state index contributed by atoms with van der Waals surface area (Å²) in [5, 5.41) is 6.82. The Balaban J connectivity index is 1.57. The molecular weight excluding hydrogens is 446 g/mol. The molecule has 32 heavy (non-hydrogen) atoms. The van der Waals surface area contributed by atoms with Crippen LogP contribution in [0, 0.1) is 13.8 Å². The Bertz CT molecular complexity index is 1190. The minimum atomic E-state index is -0.328. The van der Waals surface area contributed by atoms with Gasteiger partial charge in [-0.05, 0) is 74.0 Å². The minimum absolute atomic E-state index is 0.122. The molecule has 0 saturated carbocycles. The highest BCUT2D eigenvalue weighted by molar-refractivity contribution is 8.05. The van der Waals surface area contributed by atoms with E-state index in [1.54, 1.807) is 32.4 Å². The lowest BCUT2D eigenvalue weighted by atomic mass is 10.2. The van der Waals surface area contributed by atoms with Crippen molar-refractivity contribution in [2.24, 2.45) is 0 Å². The Morgan fingerprint density at radius 2 is 1.84 bits per heavy atom. The van der Waals surface area contributed by atoms with Crippen molar-refractivity contribution < 1.29 is 14.3 Å². The van der Waals surface area contributed by atoms with Crippen LogP contribution in [-0.2, 0) is 4.79 Å². The summed E-state index contributed by atoms with van der Waals surface area (Å²) in [5.41, 5.74) is 4.57. The average Bonchev–Trinajstić information content (AvgIpc) is 3.26. The number of amides is 1. The van der Waals surface area contributed by atoms with Gasteiger partial charge in [-0.1, -0.05) is 23.4 Å². The fraction of sp³-hybridized carbons (Fsp3) is 0.208. The summed E-state index contributed by atoms with van der Waals surface area (Å²) >= 11 is 7.54. The van der Waals surface area contributed by atoms with E-state index in [4.69, 9.17) is 21.1 Å². The second kappa shape index (κ2) is 9.22. The lowest BCUT2D eigenvalue weighted by Crippen LogP contribution is -2.31. The van der Waals surface area contributed by atoms with E-state index in [-0.39, 0.29) is 11.4 Å². The van der Waals surface area contributed by atoms with Gasteiger partial charge in [0.2, 0.25) is 0 Å². The van der Waals surface area contributed by atoms with Gasteiger partial charge in [0, 0.05) is 22.1 Å². The van der Waals surface area contributed by atoms with Crippen LogP contribution in [0.15, 0.2) is 53.4 Å². The van der Waals surface area contributed by atoms with E-state index >= 15 is 0 Å². The number of hydrogen-bond donors (Lipinski definition) is 2. The summed E-state index contributed by atoms with van der Waals surface area (Å²) < 4.78 is 12.8. The number of nitrogens with zero attached hydrogens (tertiary/aromatic N) is 1. The highest BCUT2D eigenvalue weighted by Crippen LogP contribution is 2.35. The second-order valence-corrected chi connectivity index (χ2v) is 8.91. The molecule has 0 radical (unpaired) electrons. The maximum Gasteiger partial charge on any atom is 0.260 e. The number of anilines is 1. The molecule has 1 unspecified atom stereocenters. The van der Waals surface area contributed by atoms with Gasteiger partial charge in [0.15, 0.2) is 5.50 Å². The number of nitrogens with one attached hydrogen (secondary N) is 2. The lowest BCUT2D eigenvalue weighted by molar-refractivity contribution is -0.116. The Morgan fingerprint density at radius 1 is 1.09 bits per heavy atom. The molecule has 1 aromatic heterocycles. The van der Waals surface area contributed by atoms with Crippen LogP contribution >= 0.6 is 23.4 Å². The molecule has 0 spiro atoms. The van der Waals surface area contributed by atoms with E-state index in [9.17, 15) is 4.79 Å². The maximum atomic E-state index is 12.6. The first-order chi connectivity index (χ1) is 15.4. The molecule has 1 amide bonds. The molecule has 2 N–H and O–H groups in total. The topological polar surface area (TPSA) is 64.5 Å². The summed E-state index contributed by atoms with van der Waals surface area (Å²) in [6.07, 6.45) is 1.93. The fourth-order valence-corrected chi connectivity index (χ4v) is 4.84. The van der Waals surface area contributed by atoms with Gasteiger partial charge in [-0.15, -0.1) is 0 Å². The highest BCUT2D eigenvalue weighted by Gasteiger charge is 2.28. The van der Waals surface area contributed by atoms with Crippen molar-refractivity contribution in [3.8, 4) is 17.2 Å². The number of aromatic nitrogens is 1. The van der Waals surface area contributed by atoms with Gasteiger partial charge in [0.25, 0.3) is 5.91 Å². The molecule has 1 aliphatic rings. The van der Waals surface area contributed by atoms with Crippen molar-refractivity contribution in [1.29, 1.82) is 0 Å². The predicted octanol–water partition coefficient (Wildman–Crippen LogP) is 5.36. The van der Waals surface area contributed by atoms with Gasteiger partial charge in [-0.25, -0.2) is 0 Å². The zero-order valence-electron chi connectivity index (χ0n) is 18.2. The molecule has 1 fully saturated rings. The number of methoxy groups -OCH3 is 2. The third-order valence-electron chi connectivity index (χ3n) is 5.27. The average molecular weight is 470 g/mol. The van der Waals surface area contributed by atoms with Gasteiger partial charge in [0.1, 0.15) is 11.5 Å². The SMILES string of the molecule is COc1ccc(-n2c(C)cc(/C=C3\SC(Nc4cc(Cl)ccc4OC)NC3=O)c2C)cc1. The van der Waals surface area contributed by atoms with Crippen LogP contribution in [0.1, 0.15) is 17.0 Å². The number of carbonyl (C=O) groups is 1. The minimum Gasteiger partial charge on any atom is -0.497 e.